The number of ether oxygens (including phenoxy) is 2. The van der Waals surface area contributed by atoms with Gasteiger partial charge in [0.05, 0.1) is 13.7 Å². The number of esters is 1. The van der Waals surface area contributed by atoms with E-state index >= 15 is 0 Å². The van der Waals surface area contributed by atoms with E-state index in [1.807, 2.05) is 13.8 Å². The van der Waals surface area contributed by atoms with Gasteiger partial charge in [0, 0.05) is 5.56 Å². The molecule has 0 aliphatic heterocycles. The minimum absolute atomic E-state index is 0.332. The largest absolute Gasteiger partial charge is 0.494 e. The van der Waals surface area contributed by atoms with Crippen LogP contribution in [0.4, 0.5) is 0 Å². The van der Waals surface area contributed by atoms with Gasteiger partial charge in [0.1, 0.15) is 11.3 Å². The SMILES string of the molecule is CCOc1cccc(C(=O)N[C@@](C)(CC)C(=O)OC)c1. The summed E-state index contributed by atoms with van der Waals surface area (Å²) in [6, 6.07) is 6.83. The fraction of sp³-hybridized carbons (Fsp3) is 0.467. The van der Waals surface area contributed by atoms with E-state index in [1.165, 1.54) is 7.11 Å². The topological polar surface area (TPSA) is 64.6 Å². The van der Waals surface area contributed by atoms with Crippen molar-refractivity contribution in [3.8, 4) is 5.75 Å². The number of benzene rings is 1. The van der Waals surface area contributed by atoms with Crippen molar-refractivity contribution >= 4 is 11.9 Å². The zero-order valence-corrected chi connectivity index (χ0v) is 12.4. The standard InChI is InChI=1S/C15H21NO4/c1-5-15(3,14(18)19-4)16-13(17)11-8-7-9-12(10-11)20-6-2/h7-10H,5-6H2,1-4H3,(H,16,17)/t15-/m0/s1. The molecule has 1 N–H and O–H groups in total. The summed E-state index contributed by atoms with van der Waals surface area (Å²) in [6.07, 6.45) is 0.441. The van der Waals surface area contributed by atoms with Crippen molar-refractivity contribution in [3.05, 3.63) is 29.8 Å². The molecule has 20 heavy (non-hydrogen) atoms. The average Bonchev–Trinajstić information content (AvgIpc) is 2.46. The Labute approximate surface area is 119 Å². The van der Waals surface area contributed by atoms with Gasteiger partial charge < -0.3 is 14.8 Å². The summed E-state index contributed by atoms with van der Waals surface area (Å²) in [6.45, 7) is 5.86. The molecule has 0 heterocycles. The Morgan fingerprint density at radius 3 is 2.55 bits per heavy atom. The molecule has 0 fully saturated rings. The minimum atomic E-state index is -1.03. The molecule has 1 amide bonds. The zero-order valence-electron chi connectivity index (χ0n) is 12.4. The Morgan fingerprint density at radius 1 is 1.30 bits per heavy atom. The molecule has 1 aromatic carbocycles. The van der Waals surface area contributed by atoms with Gasteiger partial charge in [-0.1, -0.05) is 13.0 Å². The van der Waals surface area contributed by atoms with Crippen molar-refractivity contribution in [3.63, 3.8) is 0 Å². The first-order valence-electron chi connectivity index (χ1n) is 6.60. The van der Waals surface area contributed by atoms with Crippen LogP contribution >= 0.6 is 0 Å². The Hall–Kier alpha value is -2.04. The molecule has 5 heteroatoms. The Kier molecular flexibility index (Phi) is 5.55. The van der Waals surface area contributed by atoms with E-state index in [1.54, 1.807) is 31.2 Å². The van der Waals surface area contributed by atoms with Crippen LogP contribution in [0.15, 0.2) is 24.3 Å². The second-order valence-electron chi connectivity index (χ2n) is 4.59. The van der Waals surface area contributed by atoms with E-state index in [9.17, 15) is 9.59 Å². The van der Waals surface area contributed by atoms with Gasteiger partial charge in [0.2, 0.25) is 0 Å². The zero-order chi connectivity index (χ0) is 15.2. The number of methoxy groups -OCH3 is 1. The maximum atomic E-state index is 12.2. The molecule has 0 unspecified atom stereocenters. The monoisotopic (exact) mass is 279 g/mol. The lowest BCUT2D eigenvalue weighted by Gasteiger charge is -2.26. The summed E-state index contributed by atoms with van der Waals surface area (Å²) in [5.41, 5.74) is -0.590. The molecule has 110 valence electrons. The maximum Gasteiger partial charge on any atom is 0.331 e. The van der Waals surface area contributed by atoms with E-state index in [0.29, 0.717) is 24.3 Å². The second kappa shape index (κ2) is 6.93. The summed E-state index contributed by atoms with van der Waals surface area (Å²) in [5, 5.41) is 2.71. The number of carbonyl (C=O) groups is 2. The maximum absolute atomic E-state index is 12.2. The van der Waals surface area contributed by atoms with E-state index < -0.39 is 11.5 Å². The van der Waals surface area contributed by atoms with Crippen LogP contribution in [0.1, 0.15) is 37.6 Å². The van der Waals surface area contributed by atoms with Gasteiger partial charge in [-0.2, -0.15) is 0 Å². The summed E-state index contributed by atoms with van der Waals surface area (Å²) >= 11 is 0. The van der Waals surface area contributed by atoms with Crippen LogP contribution in [0.2, 0.25) is 0 Å². The highest BCUT2D eigenvalue weighted by molar-refractivity contribution is 5.98. The Morgan fingerprint density at radius 2 is 2.00 bits per heavy atom. The molecule has 5 nitrogen and oxygen atoms in total. The van der Waals surface area contributed by atoms with Crippen LogP contribution in [0, 0.1) is 0 Å². The molecule has 0 aromatic heterocycles. The van der Waals surface area contributed by atoms with Gasteiger partial charge >= 0.3 is 5.97 Å². The Balaban J connectivity index is 2.89. The van der Waals surface area contributed by atoms with Gasteiger partial charge in [-0.15, -0.1) is 0 Å². The highest BCUT2D eigenvalue weighted by Crippen LogP contribution is 2.16. The number of carbonyl (C=O) groups excluding carboxylic acids is 2. The third kappa shape index (κ3) is 3.73. The molecule has 0 aliphatic rings. The number of rotatable bonds is 6. The van der Waals surface area contributed by atoms with E-state index in [0.717, 1.165) is 0 Å². The van der Waals surface area contributed by atoms with Crippen molar-refractivity contribution in [1.29, 1.82) is 0 Å². The van der Waals surface area contributed by atoms with Crippen LogP contribution in [-0.4, -0.2) is 31.1 Å². The number of nitrogens with one attached hydrogen (secondary N) is 1. The van der Waals surface area contributed by atoms with Crippen LogP contribution in [0.3, 0.4) is 0 Å². The van der Waals surface area contributed by atoms with Gasteiger partial charge in [-0.05, 0) is 38.5 Å². The van der Waals surface area contributed by atoms with Crippen molar-refractivity contribution in [1.82, 2.24) is 5.32 Å². The molecule has 0 aliphatic carbocycles. The number of hydrogen-bond acceptors (Lipinski definition) is 4. The van der Waals surface area contributed by atoms with Crippen molar-refractivity contribution in [2.24, 2.45) is 0 Å². The van der Waals surface area contributed by atoms with E-state index in [2.05, 4.69) is 5.32 Å². The molecule has 0 saturated carbocycles. The van der Waals surface area contributed by atoms with Crippen molar-refractivity contribution < 1.29 is 19.1 Å². The predicted molar refractivity (Wildman–Crippen MR) is 75.8 cm³/mol. The van der Waals surface area contributed by atoms with Crippen molar-refractivity contribution in [2.75, 3.05) is 13.7 Å². The number of hydrogen-bond donors (Lipinski definition) is 1. The highest BCUT2D eigenvalue weighted by atomic mass is 16.5. The molecule has 0 saturated heterocycles. The first-order valence-corrected chi connectivity index (χ1v) is 6.60. The minimum Gasteiger partial charge on any atom is -0.494 e. The normalized spacial score (nSPS) is 13.2. The summed E-state index contributed by atoms with van der Waals surface area (Å²) < 4.78 is 10.1. The third-order valence-corrected chi connectivity index (χ3v) is 3.14. The fourth-order valence-corrected chi connectivity index (χ4v) is 1.73. The van der Waals surface area contributed by atoms with E-state index in [4.69, 9.17) is 9.47 Å². The summed E-state index contributed by atoms with van der Waals surface area (Å²) in [7, 11) is 1.30. The predicted octanol–water partition coefficient (Wildman–Crippen LogP) is 2.16. The average molecular weight is 279 g/mol. The van der Waals surface area contributed by atoms with Gasteiger partial charge in [-0.3, -0.25) is 4.79 Å². The van der Waals surface area contributed by atoms with Crippen molar-refractivity contribution in [2.45, 2.75) is 32.7 Å². The lowest BCUT2D eigenvalue weighted by Crippen LogP contribution is -2.52. The highest BCUT2D eigenvalue weighted by Gasteiger charge is 2.34. The lowest BCUT2D eigenvalue weighted by molar-refractivity contribution is -0.147. The molecule has 0 spiro atoms. The summed E-state index contributed by atoms with van der Waals surface area (Å²) in [5.74, 6) is -0.174. The first kappa shape index (κ1) is 16.0. The fourth-order valence-electron chi connectivity index (χ4n) is 1.73. The Bertz CT molecular complexity index is 487. The van der Waals surface area contributed by atoms with Crippen LogP contribution in [-0.2, 0) is 9.53 Å². The molecular weight excluding hydrogens is 258 g/mol. The van der Waals surface area contributed by atoms with Crippen LogP contribution in [0.25, 0.3) is 0 Å². The molecule has 1 rings (SSSR count). The molecule has 1 aromatic rings. The molecular formula is C15H21NO4. The smallest absolute Gasteiger partial charge is 0.331 e. The van der Waals surface area contributed by atoms with Gasteiger partial charge in [-0.25, -0.2) is 4.79 Å². The van der Waals surface area contributed by atoms with Gasteiger partial charge in [0.25, 0.3) is 5.91 Å². The van der Waals surface area contributed by atoms with Crippen LogP contribution in [0.5, 0.6) is 5.75 Å². The number of amides is 1. The van der Waals surface area contributed by atoms with Gasteiger partial charge in [0.15, 0.2) is 0 Å². The molecule has 0 bridgehead atoms. The lowest BCUT2D eigenvalue weighted by atomic mass is 9.98. The van der Waals surface area contributed by atoms with Crippen LogP contribution < -0.4 is 10.1 Å². The third-order valence-electron chi connectivity index (χ3n) is 3.14. The second-order valence-corrected chi connectivity index (χ2v) is 4.59. The van der Waals surface area contributed by atoms with E-state index in [-0.39, 0.29) is 5.91 Å². The molecule has 0 radical (unpaired) electrons. The summed E-state index contributed by atoms with van der Waals surface area (Å²) in [4.78, 5) is 24.0. The molecule has 1 atom stereocenters. The first-order chi connectivity index (χ1) is 9.46. The quantitative estimate of drug-likeness (QED) is 0.810.